The standard InChI is InChI=1S/C16H16ClNOS/c17-15-8-6-13(7-9-15)12-20-11-10-18-16(19)14-4-2-1-3-5-14/h1-9H,10-12H2,(H,18,19). The van der Waals surface area contributed by atoms with E-state index in [1.165, 1.54) is 5.56 Å². The van der Waals surface area contributed by atoms with Gasteiger partial charge in [-0.3, -0.25) is 4.79 Å². The van der Waals surface area contributed by atoms with Gasteiger partial charge in [0.15, 0.2) is 0 Å². The molecule has 2 rings (SSSR count). The fourth-order valence-electron chi connectivity index (χ4n) is 1.70. The van der Waals surface area contributed by atoms with Crippen molar-refractivity contribution in [3.8, 4) is 0 Å². The zero-order valence-electron chi connectivity index (χ0n) is 11.0. The van der Waals surface area contributed by atoms with E-state index < -0.39 is 0 Å². The molecule has 104 valence electrons. The van der Waals surface area contributed by atoms with Crippen molar-refractivity contribution in [3.05, 3.63) is 70.7 Å². The van der Waals surface area contributed by atoms with Crippen molar-refractivity contribution in [1.82, 2.24) is 5.32 Å². The van der Waals surface area contributed by atoms with Gasteiger partial charge < -0.3 is 5.32 Å². The number of amides is 1. The molecule has 0 aliphatic carbocycles. The summed E-state index contributed by atoms with van der Waals surface area (Å²) in [7, 11) is 0. The minimum absolute atomic E-state index is 0.0160. The highest BCUT2D eigenvalue weighted by Crippen LogP contribution is 2.15. The van der Waals surface area contributed by atoms with Crippen molar-refractivity contribution in [2.75, 3.05) is 12.3 Å². The lowest BCUT2D eigenvalue weighted by Crippen LogP contribution is -2.25. The van der Waals surface area contributed by atoms with Crippen LogP contribution in [-0.2, 0) is 5.75 Å². The van der Waals surface area contributed by atoms with Crippen molar-refractivity contribution in [3.63, 3.8) is 0 Å². The third-order valence-electron chi connectivity index (χ3n) is 2.75. The summed E-state index contributed by atoms with van der Waals surface area (Å²) in [6.07, 6.45) is 0. The molecule has 0 unspecified atom stereocenters. The molecule has 0 bridgehead atoms. The molecule has 4 heteroatoms. The van der Waals surface area contributed by atoms with Gasteiger partial charge in [-0.1, -0.05) is 41.9 Å². The van der Waals surface area contributed by atoms with Crippen LogP contribution in [-0.4, -0.2) is 18.2 Å². The van der Waals surface area contributed by atoms with Crippen LogP contribution in [0.1, 0.15) is 15.9 Å². The minimum Gasteiger partial charge on any atom is -0.351 e. The summed E-state index contributed by atoms with van der Waals surface area (Å²) < 4.78 is 0. The number of thioether (sulfide) groups is 1. The molecule has 0 fully saturated rings. The van der Waals surface area contributed by atoms with Crippen LogP contribution in [0.5, 0.6) is 0 Å². The van der Waals surface area contributed by atoms with E-state index in [2.05, 4.69) is 5.32 Å². The summed E-state index contributed by atoms with van der Waals surface area (Å²) in [6.45, 7) is 0.673. The van der Waals surface area contributed by atoms with Gasteiger partial charge in [0.2, 0.25) is 0 Å². The number of carbonyl (C=O) groups is 1. The number of nitrogens with one attached hydrogen (secondary N) is 1. The topological polar surface area (TPSA) is 29.1 Å². The number of rotatable bonds is 6. The van der Waals surface area contributed by atoms with Gasteiger partial charge in [0, 0.05) is 28.6 Å². The first-order valence-corrected chi connectivity index (χ1v) is 7.94. The highest BCUT2D eigenvalue weighted by Gasteiger charge is 2.02. The Bertz CT molecular complexity index is 542. The first-order valence-electron chi connectivity index (χ1n) is 6.41. The third-order valence-corrected chi connectivity index (χ3v) is 4.03. The predicted molar refractivity (Wildman–Crippen MR) is 86.4 cm³/mol. The molecule has 1 N–H and O–H groups in total. The lowest BCUT2D eigenvalue weighted by atomic mass is 10.2. The maximum absolute atomic E-state index is 11.8. The van der Waals surface area contributed by atoms with E-state index in [9.17, 15) is 4.79 Å². The molecule has 0 spiro atoms. The molecule has 0 aliphatic heterocycles. The SMILES string of the molecule is O=C(NCCSCc1ccc(Cl)cc1)c1ccccc1. The van der Waals surface area contributed by atoms with E-state index in [1.807, 2.05) is 54.6 Å². The van der Waals surface area contributed by atoms with Crippen LogP contribution in [0, 0.1) is 0 Å². The smallest absolute Gasteiger partial charge is 0.251 e. The van der Waals surface area contributed by atoms with Crippen LogP contribution < -0.4 is 5.32 Å². The number of carbonyl (C=O) groups excluding carboxylic acids is 1. The van der Waals surface area contributed by atoms with Crippen molar-refractivity contribution in [2.24, 2.45) is 0 Å². The number of benzene rings is 2. The van der Waals surface area contributed by atoms with Gasteiger partial charge in [0.05, 0.1) is 0 Å². The van der Waals surface area contributed by atoms with Crippen LogP contribution >= 0.6 is 23.4 Å². The van der Waals surface area contributed by atoms with Crippen molar-refractivity contribution in [1.29, 1.82) is 0 Å². The fourth-order valence-corrected chi connectivity index (χ4v) is 2.64. The van der Waals surface area contributed by atoms with Gasteiger partial charge in [-0.2, -0.15) is 11.8 Å². The molecule has 0 atom stereocenters. The van der Waals surface area contributed by atoms with Gasteiger partial charge in [-0.25, -0.2) is 0 Å². The van der Waals surface area contributed by atoms with Crippen LogP contribution in [0.15, 0.2) is 54.6 Å². The van der Waals surface area contributed by atoms with E-state index in [4.69, 9.17) is 11.6 Å². The Hall–Kier alpha value is -1.45. The second-order valence-electron chi connectivity index (χ2n) is 4.30. The molecule has 0 saturated heterocycles. The third kappa shape index (κ3) is 4.91. The number of halogens is 1. The molecule has 2 aromatic carbocycles. The average molecular weight is 306 g/mol. The van der Waals surface area contributed by atoms with Crippen LogP contribution in [0.25, 0.3) is 0 Å². The Morgan fingerprint density at radius 3 is 2.45 bits per heavy atom. The van der Waals surface area contributed by atoms with Crippen molar-refractivity contribution >= 4 is 29.3 Å². The second-order valence-corrected chi connectivity index (χ2v) is 5.84. The zero-order chi connectivity index (χ0) is 14.2. The Labute approximate surface area is 128 Å². The predicted octanol–water partition coefficient (Wildman–Crippen LogP) is 4.00. The first kappa shape index (κ1) is 14.9. The van der Waals surface area contributed by atoms with E-state index >= 15 is 0 Å². The number of hydrogen-bond donors (Lipinski definition) is 1. The fraction of sp³-hybridized carbons (Fsp3) is 0.188. The highest BCUT2D eigenvalue weighted by atomic mass is 35.5. The first-order chi connectivity index (χ1) is 9.75. The normalized spacial score (nSPS) is 10.2. The van der Waals surface area contributed by atoms with E-state index in [0.29, 0.717) is 12.1 Å². The maximum atomic E-state index is 11.8. The monoisotopic (exact) mass is 305 g/mol. The molecule has 1 amide bonds. The highest BCUT2D eigenvalue weighted by molar-refractivity contribution is 7.98. The van der Waals surface area contributed by atoms with Crippen molar-refractivity contribution < 1.29 is 4.79 Å². The van der Waals surface area contributed by atoms with Gasteiger partial charge in [0.25, 0.3) is 5.91 Å². The number of hydrogen-bond acceptors (Lipinski definition) is 2. The maximum Gasteiger partial charge on any atom is 0.251 e. The Morgan fingerprint density at radius 1 is 1.05 bits per heavy atom. The van der Waals surface area contributed by atoms with Gasteiger partial charge in [-0.05, 0) is 29.8 Å². The molecule has 0 aromatic heterocycles. The molecule has 2 aromatic rings. The molecular formula is C16H16ClNOS. The largest absolute Gasteiger partial charge is 0.351 e. The van der Waals surface area contributed by atoms with E-state index in [0.717, 1.165) is 16.5 Å². The summed E-state index contributed by atoms with van der Waals surface area (Å²) >= 11 is 7.63. The lowest BCUT2D eigenvalue weighted by molar-refractivity contribution is 0.0956. The van der Waals surface area contributed by atoms with Gasteiger partial charge in [0.1, 0.15) is 0 Å². The van der Waals surface area contributed by atoms with Crippen LogP contribution in [0.2, 0.25) is 5.02 Å². The summed E-state index contributed by atoms with van der Waals surface area (Å²) in [6, 6.07) is 17.1. The van der Waals surface area contributed by atoms with Crippen LogP contribution in [0.3, 0.4) is 0 Å². The summed E-state index contributed by atoms with van der Waals surface area (Å²) in [4.78, 5) is 11.8. The Kier molecular flexibility index (Phi) is 5.96. The van der Waals surface area contributed by atoms with E-state index in [1.54, 1.807) is 11.8 Å². The summed E-state index contributed by atoms with van der Waals surface area (Å²) in [5, 5.41) is 3.67. The summed E-state index contributed by atoms with van der Waals surface area (Å²) in [5.41, 5.74) is 1.95. The Balaban J connectivity index is 1.64. The molecular weight excluding hydrogens is 290 g/mol. The average Bonchev–Trinajstić information content (AvgIpc) is 2.49. The quantitative estimate of drug-likeness (QED) is 0.817. The lowest BCUT2D eigenvalue weighted by Gasteiger charge is -2.05. The summed E-state index contributed by atoms with van der Waals surface area (Å²) in [5.74, 6) is 1.80. The van der Waals surface area contributed by atoms with Gasteiger partial charge in [-0.15, -0.1) is 0 Å². The van der Waals surface area contributed by atoms with Crippen LogP contribution in [0.4, 0.5) is 0 Å². The minimum atomic E-state index is -0.0160. The molecule has 0 saturated carbocycles. The molecule has 20 heavy (non-hydrogen) atoms. The van der Waals surface area contributed by atoms with E-state index in [-0.39, 0.29) is 5.91 Å². The van der Waals surface area contributed by atoms with Crippen molar-refractivity contribution in [2.45, 2.75) is 5.75 Å². The Morgan fingerprint density at radius 2 is 1.75 bits per heavy atom. The second kappa shape index (κ2) is 7.98. The zero-order valence-corrected chi connectivity index (χ0v) is 12.6. The molecule has 0 aliphatic rings. The molecule has 0 radical (unpaired) electrons. The van der Waals surface area contributed by atoms with Gasteiger partial charge >= 0.3 is 0 Å². The molecule has 2 nitrogen and oxygen atoms in total. The molecule has 0 heterocycles.